The Morgan fingerprint density at radius 2 is 1.64 bits per heavy atom. The molecule has 0 spiro atoms. The average molecular weight is 590 g/mol. The molecular formula is C29H22F3N7O2S. The lowest BCUT2D eigenvalue weighted by Gasteiger charge is -2.35. The van der Waals surface area contributed by atoms with E-state index in [1.54, 1.807) is 42.5 Å². The number of rotatable bonds is 5. The molecular weight excluding hydrogens is 567 g/mol. The molecule has 9 nitrogen and oxygen atoms in total. The number of hydrogen-bond donors (Lipinski definition) is 2. The molecule has 2 unspecified atom stereocenters. The maximum absolute atomic E-state index is 14.2. The van der Waals surface area contributed by atoms with Crippen LogP contribution in [-0.4, -0.2) is 50.8 Å². The van der Waals surface area contributed by atoms with Gasteiger partial charge in [0.05, 0.1) is 25.1 Å². The normalized spacial score (nSPS) is 19.5. The predicted molar refractivity (Wildman–Crippen MR) is 152 cm³/mol. The highest BCUT2D eigenvalue weighted by Crippen LogP contribution is 2.46. The van der Waals surface area contributed by atoms with Crippen LogP contribution in [0.1, 0.15) is 26.4 Å². The van der Waals surface area contributed by atoms with E-state index in [2.05, 4.69) is 25.6 Å². The van der Waals surface area contributed by atoms with Crippen molar-refractivity contribution in [3.63, 3.8) is 0 Å². The van der Waals surface area contributed by atoms with Crippen LogP contribution < -0.4 is 15.5 Å². The van der Waals surface area contributed by atoms with Gasteiger partial charge in [-0.15, -0.1) is 0 Å². The van der Waals surface area contributed by atoms with Crippen LogP contribution in [0.25, 0.3) is 0 Å². The Bertz CT molecular complexity index is 1690. The zero-order valence-corrected chi connectivity index (χ0v) is 22.6. The summed E-state index contributed by atoms with van der Waals surface area (Å²) in [6.45, 7) is 0.809. The van der Waals surface area contributed by atoms with Gasteiger partial charge in [-0.2, -0.15) is 0 Å². The summed E-state index contributed by atoms with van der Waals surface area (Å²) in [5, 5.41) is 5.95. The van der Waals surface area contributed by atoms with Gasteiger partial charge in [-0.1, -0.05) is 42.1 Å². The van der Waals surface area contributed by atoms with Crippen LogP contribution in [0.2, 0.25) is 0 Å². The zero-order valence-electron chi connectivity index (χ0n) is 21.8. The maximum atomic E-state index is 14.2. The number of nitrogens with one attached hydrogen (secondary N) is 2. The number of thioether (sulfide) groups is 1. The molecule has 4 heterocycles. The molecule has 0 saturated carbocycles. The van der Waals surface area contributed by atoms with Crippen LogP contribution in [-0.2, 0) is 5.54 Å². The van der Waals surface area contributed by atoms with Crippen molar-refractivity contribution in [3.05, 3.63) is 114 Å². The first-order valence-corrected chi connectivity index (χ1v) is 13.8. The Hall–Kier alpha value is -4.78. The molecule has 1 saturated heterocycles. The Kier molecular flexibility index (Phi) is 7.33. The molecule has 2 N–H and O–H groups in total. The third-order valence-corrected chi connectivity index (χ3v) is 8.10. The van der Waals surface area contributed by atoms with E-state index in [0.717, 1.165) is 18.6 Å². The highest BCUT2D eigenvalue weighted by molar-refractivity contribution is 8.13. The van der Waals surface area contributed by atoms with Gasteiger partial charge in [0.1, 0.15) is 11.4 Å². The van der Waals surface area contributed by atoms with Crippen molar-refractivity contribution in [2.45, 2.75) is 5.54 Å². The van der Waals surface area contributed by atoms with Crippen molar-refractivity contribution in [1.82, 2.24) is 20.3 Å². The van der Waals surface area contributed by atoms with Crippen molar-refractivity contribution >= 4 is 40.4 Å². The summed E-state index contributed by atoms with van der Waals surface area (Å²) in [5.41, 5.74) is 0.0974. The number of amides is 2. The molecule has 2 aliphatic heterocycles. The number of halogens is 3. The fourth-order valence-electron chi connectivity index (χ4n) is 5.09. The van der Waals surface area contributed by atoms with Gasteiger partial charge in [0.25, 0.3) is 11.8 Å². The van der Waals surface area contributed by atoms with Crippen LogP contribution in [0.4, 0.5) is 24.8 Å². The molecule has 2 atom stereocenters. The largest absolute Gasteiger partial charge is 0.338 e. The highest BCUT2D eigenvalue weighted by atomic mass is 32.2. The second-order valence-corrected chi connectivity index (χ2v) is 10.8. The van der Waals surface area contributed by atoms with Gasteiger partial charge < -0.3 is 15.5 Å². The molecule has 1 fully saturated rings. The van der Waals surface area contributed by atoms with Gasteiger partial charge in [0, 0.05) is 35.5 Å². The van der Waals surface area contributed by atoms with E-state index in [4.69, 9.17) is 4.99 Å². The number of fused-ring (bicyclic) bond motifs is 1. The number of carbonyl (C=O) groups excluding carboxylic acids is 2. The number of aliphatic imine (C=N–C) groups is 1. The number of nitrogens with zero attached hydrogens (tertiary/aromatic N) is 5. The summed E-state index contributed by atoms with van der Waals surface area (Å²) in [6, 6.07) is 16.3. The first-order chi connectivity index (χ1) is 20.3. The highest BCUT2D eigenvalue weighted by Gasteiger charge is 2.51. The van der Waals surface area contributed by atoms with E-state index in [-0.39, 0.29) is 11.8 Å². The van der Waals surface area contributed by atoms with E-state index in [9.17, 15) is 22.8 Å². The Morgan fingerprint density at radius 3 is 2.40 bits per heavy atom. The summed E-state index contributed by atoms with van der Waals surface area (Å²) < 4.78 is 41.0. The first-order valence-electron chi connectivity index (χ1n) is 12.9. The SMILES string of the molecule is O=C(NC1=NC2(c3cccc(NC(=O)c4ncc(F)cc4F)c3)CN(c3ncc(F)cn3)CC2CS1)c1ccccc1. The number of amidine groups is 1. The van der Waals surface area contributed by atoms with E-state index in [1.165, 1.54) is 11.8 Å². The van der Waals surface area contributed by atoms with Gasteiger partial charge in [-0.25, -0.2) is 33.1 Å². The lowest BCUT2D eigenvalue weighted by Crippen LogP contribution is -2.42. The molecule has 2 aromatic heterocycles. The minimum atomic E-state index is -1.08. The Balaban J connectivity index is 1.35. The maximum Gasteiger partial charge on any atom is 0.277 e. The van der Waals surface area contributed by atoms with Crippen LogP contribution in [0.3, 0.4) is 0 Å². The fraction of sp³-hybridized carbons (Fsp3) is 0.172. The lowest BCUT2D eigenvalue weighted by molar-refractivity contribution is 0.0975. The van der Waals surface area contributed by atoms with Crippen molar-refractivity contribution < 1.29 is 22.8 Å². The smallest absolute Gasteiger partial charge is 0.277 e. The predicted octanol–water partition coefficient (Wildman–Crippen LogP) is 4.41. The number of hydrogen-bond acceptors (Lipinski definition) is 8. The van der Waals surface area contributed by atoms with E-state index >= 15 is 0 Å². The fourth-order valence-corrected chi connectivity index (χ4v) is 6.22. The van der Waals surface area contributed by atoms with Crippen LogP contribution in [0.5, 0.6) is 0 Å². The summed E-state index contributed by atoms with van der Waals surface area (Å²) in [7, 11) is 0. The molecule has 2 aliphatic rings. The molecule has 0 aliphatic carbocycles. The second-order valence-electron chi connectivity index (χ2n) is 9.77. The molecule has 212 valence electrons. The number of carbonyl (C=O) groups is 2. The van der Waals surface area contributed by atoms with Crippen LogP contribution in [0.15, 0.2) is 84.2 Å². The molecule has 0 radical (unpaired) electrons. The minimum absolute atomic E-state index is 0.0734. The topological polar surface area (TPSA) is 112 Å². The molecule has 6 rings (SSSR count). The van der Waals surface area contributed by atoms with E-state index in [1.807, 2.05) is 17.0 Å². The summed E-state index contributed by atoms with van der Waals surface area (Å²) in [6.07, 6.45) is 2.96. The quantitative estimate of drug-likeness (QED) is 0.355. The Morgan fingerprint density at radius 1 is 0.881 bits per heavy atom. The van der Waals surface area contributed by atoms with E-state index in [0.29, 0.717) is 52.8 Å². The Labute approximate surface area is 242 Å². The van der Waals surface area contributed by atoms with Crippen molar-refractivity contribution in [2.75, 3.05) is 29.1 Å². The molecule has 42 heavy (non-hydrogen) atoms. The van der Waals surface area contributed by atoms with Crippen LogP contribution in [0, 0.1) is 23.4 Å². The van der Waals surface area contributed by atoms with Gasteiger partial charge in [-0.3, -0.25) is 9.59 Å². The summed E-state index contributed by atoms with van der Waals surface area (Å²) in [4.78, 5) is 44.5. The van der Waals surface area contributed by atoms with Crippen molar-refractivity contribution in [2.24, 2.45) is 10.9 Å². The number of benzene rings is 2. The third kappa shape index (κ3) is 5.42. The second kappa shape index (κ2) is 11.2. The van der Waals surface area contributed by atoms with Crippen molar-refractivity contribution in [1.29, 1.82) is 0 Å². The first kappa shape index (κ1) is 27.4. The van der Waals surface area contributed by atoms with Gasteiger partial charge >= 0.3 is 0 Å². The minimum Gasteiger partial charge on any atom is -0.338 e. The van der Waals surface area contributed by atoms with Gasteiger partial charge in [-0.05, 0) is 29.8 Å². The van der Waals surface area contributed by atoms with Gasteiger partial charge in [0.2, 0.25) is 5.95 Å². The molecule has 2 amide bonds. The van der Waals surface area contributed by atoms with Crippen molar-refractivity contribution in [3.8, 4) is 0 Å². The zero-order chi connectivity index (χ0) is 29.3. The van der Waals surface area contributed by atoms with Crippen LogP contribution >= 0.6 is 11.8 Å². The third-order valence-electron chi connectivity index (χ3n) is 7.06. The molecule has 2 aromatic carbocycles. The summed E-state index contributed by atoms with van der Waals surface area (Å²) in [5.74, 6) is -2.83. The molecule has 0 bridgehead atoms. The molecule has 13 heteroatoms. The standard InChI is InChI=1S/C29H22F3N7O2S/c30-20-10-23(32)24(33-11-20)26(41)36-22-8-4-7-18(9-22)29-16-39(27-34-12-21(31)13-35-27)14-19(29)15-42-28(38-29)37-25(40)17-5-2-1-3-6-17/h1-13,19H,14-16H2,(H,36,41)(H,37,38,40). The number of pyridine rings is 1. The number of anilines is 2. The summed E-state index contributed by atoms with van der Waals surface area (Å²) >= 11 is 1.41. The lowest BCUT2D eigenvalue weighted by atomic mass is 9.81. The van der Waals surface area contributed by atoms with E-state index < -0.39 is 34.6 Å². The monoisotopic (exact) mass is 589 g/mol. The van der Waals surface area contributed by atoms with Gasteiger partial charge in [0.15, 0.2) is 22.5 Å². The molecule has 4 aromatic rings. The number of aromatic nitrogens is 3. The average Bonchev–Trinajstić information content (AvgIpc) is 3.38.